The van der Waals surface area contributed by atoms with Gasteiger partial charge < -0.3 is 11.1 Å². The highest BCUT2D eigenvalue weighted by Gasteiger charge is 2.31. The van der Waals surface area contributed by atoms with Crippen LogP contribution in [-0.2, 0) is 18.3 Å². The van der Waals surface area contributed by atoms with Gasteiger partial charge in [0.2, 0.25) is 5.91 Å². The molecule has 0 saturated heterocycles. The molecule has 17 heavy (non-hydrogen) atoms. The number of rotatable bonds is 4. The number of nitrogens with zero attached hydrogens (tertiary/aromatic N) is 2. The lowest BCUT2D eigenvalue weighted by molar-refractivity contribution is -0.121. The molecule has 0 aliphatic heterocycles. The van der Waals surface area contributed by atoms with Crippen LogP contribution in [0.15, 0.2) is 6.20 Å². The molecular weight excluding hydrogens is 236 g/mol. The molecule has 0 saturated carbocycles. The molecule has 3 N–H and O–H groups in total. The number of aromatic nitrogens is 2. The molecule has 94 valence electrons. The first-order valence-corrected chi connectivity index (χ1v) is 5.83. The summed E-state index contributed by atoms with van der Waals surface area (Å²) in [7, 11) is 1.81. The molecule has 0 aromatic carbocycles. The molecular formula is C11H18N4OS. The van der Waals surface area contributed by atoms with Crippen LogP contribution in [0, 0.1) is 5.41 Å². The Balaban J connectivity index is 2.91. The van der Waals surface area contributed by atoms with Crippen molar-refractivity contribution in [2.75, 3.05) is 5.32 Å². The first-order valence-electron chi connectivity index (χ1n) is 5.43. The normalized spacial score (nSPS) is 11.3. The van der Waals surface area contributed by atoms with Crippen molar-refractivity contribution < 1.29 is 4.79 Å². The van der Waals surface area contributed by atoms with Gasteiger partial charge in [0, 0.05) is 13.2 Å². The lowest BCUT2D eigenvalue weighted by Crippen LogP contribution is -2.41. The Morgan fingerprint density at radius 2 is 2.24 bits per heavy atom. The number of hydrogen-bond acceptors (Lipinski definition) is 3. The molecule has 0 radical (unpaired) electrons. The van der Waals surface area contributed by atoms with Gasteiger partial charge in [-0.2, -0.15) is 5.10 Å². The Bertz CT molecular complexity index is 450. The van der Waals surface area contributed by atoms with Crippen molar-refractivity contribution in [2.24, 2.45) is 18.2 Å². The highest BCUT2D eigenvalue weighted by molar-refractivity contribution is 7.80. The number of carbonyl (C=O) groups is 1. The van der Waals surface area contributed by atoms with Crippen molar-refractivity contribution in [3.05, 3.63) is 11.9 Å². The Morgan fingerprint density at radius 1 is 1.65 bits per heavy atom. The van der Waals surface area contributed by atoms with Crippen molar-refractivity contribution in [1.29, 1.82) is 0 Å². The van der Waals surface area contributed by atoms with E-state index in [4.69, 9.17) is 18.0 Å². The van der Waals surface area contributed by atoms with Gasteiger partial charge in [-0.15, -0.1) is 0 Å². The minimum Gasteiger partial charge on any atom is -0.392 e. The van der Waals surface area contributed by atoms with Crippen molar-refractivity contribution in [2.45, 2.75) is 27.2 Å². The smallest absolute Gasteiger partial charge is 0.236 e. The molecule has 1 aromatic heterocycles. The zero-order valence-corrected chi connectivity index (χ0v) is 11.4. The molecule has 1 rings (SSSR count). The summed E-state index contributed by atoms with van der Waals surface area (Å²) < 4.78 is 1.67. The summed E-state index contributed by atoms with van der Waals surface area (Å²) in [5.41, 5.74) is 6.24. The van der Waals surface area contributed by atoms with Gasteiger partial charge in [0.1, 0.15) is 0 Å². The minimum absolute atomic E-state index is 0.178. The van der Waals surface area contributed by atoms with E-state index < -0.39 is 5.41 Å². The quantitative estimate of drug-likeness (QED) is 0.793. The van der Waals surface area contributed by atoms with E-state index in [0.717, 1.165) is 12.1 Å². The number of hydrogen-bond donors (Lipinski definition) is 2. The van der Waals surface area contributed by atoms with Crippen molar-refractivity contribution in [1.82, 2.24) is 9.78 Å². The Kier molecular flexibility index (Phi) is 3.87. The highest BCUT2D eigenvalue weighted by atomic mass is 32.1. The van der Waals surface area contributed by atoms with Gasteiger partial charge in [0.25, 0.3) is 0 Å². The van der Waals surface area contributed by atoms with Crippen LogP contribution < -0.4 is 11.1 Å². The standard InChI is InChI=1S/C11H18N4OS/c1-5-7-8(6-15(4)14-7)13-10(16)11(2,3)9(12)17/h6H,5H2,1-4H3,(H2,12,17)(H,13,16). The third kappa shape index (κ3) is 2.82. The molecule has 1 amide bonds. The van der Waals surface area contributed by atoms with Gasteiger partial charge in [0.05, 0.1) is 21.8 Å². The van der Waals surface area contributed by atoms with Gasteiger partial charge in [-0.1, -0.05) is 19.1 Å². The maximum absolute atomic E-state index is 12.0. The first-order chi connectivity index (χ1) is 7.78. The zero-order chi connectivity index (χ0) is 13.2. The van der Waals surface area contributed by atoms with Crippen LogP contribution in [0.2, 0.25) is 0 Å². The Hall–Kier alpha value is -1.43. The van der Waals surface area contributed by atoms with Crippen LogP contribution >= 0.6 is 12.2 Å². The van der Waals surface area contributed by atoms with Gasteiger partial charge >= 0.3 is 0 Å². The van der Waals surface area contributed by atoms with Crippen LogP contribution in [0.4, 0.5) is 5.69 Å². The van der Waals surface area contributed by atoms with E-state index in [-0.39, 0.29) is 10.9 Å². The summed E-state index contributed by atoms with van der Waals surface area (Å²) in [6, 6.07) is 0. The van der Waals surface area contributed by atoms with E-state index in [1.54, 1.807) is 24.7 Å². The van der Waals surface area contributed by atoms with Crippen LogP contribution in [-0.4, -0.2) is 20.7 Å². The number of anilines is 1. The third-order valence-electron chi connectivity index (χ3n) is 2.67. The van der Waals surface area contributed by atoms with Gasteiger partial charge in [0.15, 0.2) is 0 Å². The number of nitrogens with two attached hydrogens (primary N) is 1. The van der Waals surface area contributed by atoms with Crippen molar-refractivity contribution >= 4 is 28.8 Å². The molecule has 0 spiro atoms. The second-order valence-electron chi connectivity index (χ2n) is 4.46. The predicted octanol–water partition coefficient (Wildman–Crippen LogP) is 1.23. The SMILES string of the molecule is CCc1nn(C)cc1NC(=O)C(C)(C)C(N)=S. The van der Waals surface area contributed by atoms with Crippen molar-refractivity contribution in [3.63, 3.8) is 0 Å². The molecule has 1 aromatic rings. The van der Waals surface area contributed by atoms with Crippen LogP contribution in [0.25, 0.3) is 0 Å². The molecule has 0 aliphatic rings. The number of carbonyl (C=O) groups excluding carboxylic acids is 1. The molecule has 0 aliphatic carbocycles. The maximum Gasteiger partial charge on any atom is 0.236 e. The molecule has 5 nitrogen and oxygen atoms in total. The molecule has 0 fully saturated rings. The molecule has 1 heterocycles. The predicted molar refractivity (Wildman–Crippen MR) is 71.8 cm³/mol. The Morgan fingerprint density at radius 3 is 2.71 bits per heavy atom. The number of nitrogens with one attached hydrogen (secondary N) is 1. The summed E-state index contributed by atoms with van der Waals surface area (Å²) in [6.07, 6.45) is 2.52. The van der Waals surface area contributed by atoms with Crippen LogP contribution in [0.5, 0.6) is 0 Å². The zero-order valence-electron chi connectivity index (χ0n) is 10.6. The maximum atomic E-state index is 12.0. The van der Waals surface area contributed by atoms with Crippen molar-refractivity contribution in [3.8, 4) is 0 Å². The average molecular weight is 254 g/mol. The molecule has 0 atom stereocenters. The highest BCUT2D eigenvalue weighted by Crippen LogP contribution is 2.21. The number of thiocarbonyl (C=S) groups is 1. The molecule has 6 heteroatoms. The minimum atomic E-state index is -0.865. The molecule has 0 unspecified atom stereocenters. The monoisotopic (exact) mass is 254 g/mol. The van der Waals surface area contributed by atoms with E-state index in [1.165, 1.54) is 0 Å². The lowest BCUT2D eigenvalue weighted by atomic mass is 9.92. The average Bonchev–Trinajstić information content (AvgIpc) is 2.58. The number of amides is 1. The van der Waals surface area contributed by atoms with Gasteiger partial charge in [-0.25, -0.2) is 0 Å². The molecule has 0 bridgehead atoms. The van der Waals surface area contributed by atoms with Crippen LogP contribution in [0.3, 0.4) is 0 Å². The lowest BCUT2D eigenvalue weighted by Gasteiger charge is -2.21. The largest absolute Gasteiger partial charge is 0.392 e. The summed E-state index contributed by atoms with van der Waals surface area (Å²) in [4.78, 5) is 12.2. The van der Waals surface area contributed by atoms with E-state index in [0.29, 0.717) is 5.69 Å². The van der Waals surface area contributed by atoms with E-state index in [1.807, 2.05) is 14.0 Å². The second-order valence-corrected chi connectivity index (χ2v) is 4.90. The second kappa shape index (κ2) is 4.83. The van der Waals surface area contributed by atoms with E-state index >= 15 is 0 Å². The van der Waals surface area contributed by atoms with Crippen LogP contribution in [0.1, 0.15) is 26.5 Å². The fourth-order valence-electron chi connectivity index (χ4n) is 1.29. The Labute approximate surface area is 106 Å². The van der Waals surface area contributed by atoms with Gasteiger partial charge in [-0.3, -0.25) is 9.48 Å². The summed E-state index contributed by atoms with van der Waals surface area (Å²) in [6.45, 7) is 5.38. The fourth-order valence-corrected chi connectivity index (χ4v) is 1.38. The fraction of sp³-hybridized carbons (Fsp3) is 0.545. The topological polar surface area (TPSA) is 72.9 Å². The summed E-state index contributed by atoms with van der Waals surface area (Å²) in [5, 5.41) is 7.06. The van der Waals surface area contributed by atoms with E-state index in [9.17, 15) is 4.79 Å². The van der Waals surface area contributed by atoms with Gasteiger partial charge in [-0.05, 0) is 20.3 Å². The third-order valence-corrected chi connectivity index (χ3v) is 3.18. The number of aryl methyl sites for hydroxylation is 2. The summed E-state index contributed by atoms with van der Waals surface area (Å²) in [5.74, 6) is -0.215. The first kappa shape index (κ1) is 13.6. The summed E-state index contributed by atoms with van der Waals surface area (Å²) >= 11 is 4.89. The van der Waals surface area contributed by atoms with E-state index in [2.05, 4.69) is 10.4 Å².